The highest BCUT2D eigenvalue weighted by molar-refractivity contribution is 7.17. The molecule has 0 spiro atoms. The van der Waals surface area contributed by atoms with Gasteiger partial charge in [-0.1, -0.05) is 53.5 Å². The first kappa shape index (κ1) is 16.9. The summed E-state index contributed by atoms with van der Waals surface area (Å²) in [5.41, 5.74) is 0. The standard InChI is InChI=1S/C14H14Cl2N2O3S/c1-8(2)7-20-9-3-4-11(10(15)5-9)21-14-17-6-12(22-14)13(16)18-19/h3-6,8,19H,7H2,1-2H3. The Morgan fingerprint density at radius 2 is 2.23 bits per heavy atom. The highest BCUT2D eigenvalue weighted by Crippen LogP contribution is 2.34. The van der Waals surface area contributed by atoms with E-state index in [4.69, 9.17) is 37.9 Å². The molecule has 2 aromatic rings. The molecular weight excluding hydrogens is 347 g/mol. The van der Waals surface area contributed by atoms with E-state index in [0.717, 1.165) is 11.3 Å². The number of rotatable bonds is 6. The topological polar surface area (TPSA) is 63.9 Å². The maximum absolute atomic E-state index is 8.61. The summed E-state index contributed by atoms with van der Waals surface area (Å²) in [6.45, 7) is 4.76. The van der Waals surface area contributed by atoms with Crippen LogP contribution < -0.4 is 9.47 Å². The van der Waals surface area contributed by atoms with Crippen molar-refractivity contribution in [3.8, 4) is 16.7 Å². The molecule has 0 aliphatic carbocycles. The second-order valence-electron chi connectivity index (χ2n) is 4.78. The van der Waals surface area contributed by atoms with E-state index < -0.39 is 0 Å². The molecule has 8 heteroatoms. The van der Waals surface area contributed by atoms with Gasteiger partial charge in [0.05, 0.1) is 22.7 Å². The Morgan fingerprint density at radius 3 is 2.86 bits per heavy atom. The van der Waals surface area contributed by atoms with Crippen LogP contribution in [0.3, 0.4) is 0 Å². The van der Waals surface area contributed by atoms with Crippen LogP contribution in [0.1, 0.15) is 18.7 Å². The molecule has 0 radical (unpaired) electrons. The van der Waals surface area contributed by atoms with Crippen molar-refractivity contribution in [1.29, 1.82) is 0 Å². The SMILES string of the molecule is CC(C)COc1ccc(Oc2ncc(C(Cl)=NO)s2)c(Cl)c1. The van der Waals surface area contributed by atoms with E-state index in [2.05, 4.69) is 24.0 Å². The maximum Gasteiger partial charge on any atom is 0.279 e. The summed E-state index contributed by atoms with van der Waals surface area (Å²) < 4.78 is 11.2. The fourth-order valence-corrected chi connectivity index (χ4v) is 2.49. The average molecular weight is 361 g/mol. The number of hydrogen-bond acceptors (Lipinski definition) is 6. The first-order valence-corrected chi connectivity index (χ1v) is 8.00. The van der Waals surface area contributed by atoms with Gasteiger partial charge in [-0.05, 0) is 18.1 Å². The first-order chi connectivity index (χ1) is 10.5. The fraction of sp³-hybridized carbons (Fsp3) is 0.286. The molecule has 0 fully saturated rings. The largest absolute Gasteiger partial charge is 0.493 e. The van der Waals surface area contributed by atoms with Crippen LogP contribution in [0.5, 0.6) is 16.7 Å². The number of aromatic nitrogens is 1. The van der Waals surface area contributed by atoms with Crippen LogP contribution in [0.4, 0.5) is 0 Å². The lowest BCUT2D eigenvalue weighted by atomic mass is 10.2. The van der Waals surface area contributed by atoms with Crippen molar-refractivity contribution in [2.45, 2.75) is 13.8 Å². The zero-order valence-electron chi connectivity index (χ0n) is 11.9. The van der Waals surface area contributed by atoms with Gasteiger partial charge in [-0.3, -0.25) is 0 Å². The van der Waals surface area contributed by atoms with Crippen LogP contribution in [0, 0.1) is 5.92 Å². The van der Waals surface area contributed by atoms with Crippen molar-refractivity contribution in [3.63, 3.8) is 0 Å². The van der Waals surface area contributed by atoms with Gasteiger partial charge in [0.2, 0.25) is 0 Å². The Kier molecular flexibility index (Phi) is 5.88. The minimum atomic E-state index is -0.0455. The zero-order chi connectivity index (χ0) is 16.1. The molecule has 0 unspecified atom stereocenters. The lowest BCUT2D eigenvalue weighted by Crippen LogP contribution is -2.04. The molecule has 0 aliphatic heterocycles. The molecule has 0 amide bonds. The van der Waals surface area contributed by atoms with Gasteiger partial charge in [-0.15, -0.1) is 0 Å². The Bertz CT molecular complexity index is 674. The smallest absolute Gasteiger partial charge is 0.279 e. The second kappa shape index (κ2) is 7.67. The van der Waals surface area contributed by atoms with Crippen LogP contribution >= 0.6 is 34.5 Å². The van der Waals surface area contributed by atoms with Crippen molar-refractivity contribution in [2.75, 3.05) is 6.61 Å². The number of hydrogen-bond donors (Lipinski definition) is 1. The average Bonchev–Trinajstić information content (AvgIpc) is 2.95. The summed E-state index contributed by atoms with van der Waals surface area (Å²) in [5.74, 6) is 1.57. The highest BCUT2D eigenvalue weighted by atomic mass is 35.5. The molecule has 1 heterocycles. The molecule has 22 heavy (non-hydrogen) atoms. The molecule has 1 aromatic heterocycles. The second-order valence-corrected chi connectivity index (χ2v) is 6.54. The van der Waals surface area contributed by atoms with Gasteiger partial charge in [0.25, 0.3) is 5.19 Å². The molecule has 0 saturated heterocycles. The molecule has 0 bridgehead atoms. The highest BCUT2D eigenvalue weighted by Gasteiger charge is 2.11. The van der Waals surface area contributed by atoms with Gasteiger partial charge in [-0.25, -0.2) is 4.98 Å². The molecule has 0 aliphatic rings. The normalized spacial score (nSPS) is 11.8. The van der Waals surface area contributed by atoms with Crippen molar-refractivity contribution >= 4 is 39.7 Å². The van der Waals surface area contributed by atoms with Crippen LogP contribution in [0.15, 0.2) is 29.6 Å². The molecule has 1 N–H and O–H groups in total. The number of halogens is 2. The van der Waals surface area contributed by atoms with E-state index in [1.807, 2.05) is 0 Å². The van der Waals surface area contributed by atoms with Crippen LogP contribution in [-0.4, -0.2) is 22.0 Å². The van der Waals surface area contributed by atoms with Gasteiger partial charge in [-0.2, -0.15) is 0 Å². The van der Waals surface area contributed by atoms with E-state index in [1.165, 1.54) is 6.20 Å². The van der Waals surface area contributed by atoms with E-state index >= 15 is 0 Å². The lowest BCUT2D eigenvalue weighted by molar-refractivity contribution is 0.271. The Balaban J connectivity index is 2.08. The number of oxime groups is 1. The third-order valence-corrected chi connectivity index (χ3v) is 4.03. The summed E-state index contributed by atoms with van der Waals surface area (Å²) in [7, 11) is 0. The van der Waals surface area contributed by atoms with Gasteiger partial charge in [0.15, 0.2) is 5.17 Å². The molecule has 118 valence electrons. The number of thiazole rings is 1. The van der Waals surface area contributed by atoms with Gasteiger partial charge >= 0.3 is 0 Å². The summed E-state index contributed by atoms with van der Waals surface area (Å²) in [5, 5.41) is 12.2. The summed E-state index contributed by atoms with van der Waals surface area (Å²) in [6.07, 6.45) is 1.45. The summed E-state index contributed by atoms with van der Waals surface area (Å²) in [6, 6.07) is 5.18. The number of benzene rings is 1. The fourth-order valence-electron chi connectivity index (χ4n) is 1.46. The zero-order valence-corrected chi connectivity index (χ0v) is 14.2. The minimum Gasteiger partial charge on any atom is -0.493 e. The predicted octanol–water partition coefficient (Wildman–Crippen LogP) is 5.00. The molecule has 0 saturated carbocycles. The summed E-state index contributed by atoms with van der Waals surface area (Å²) >= 11 is 13.0. The lowest BCUT2D eigenvalue weighted by Gasteiger charge is -2.10. The van der Waals surface area contributed by atoms with Crippen LogP contribution in [0.25, 0.3) is 0 Å². The first-order valence-electron chi connectivity index (χ1n) is 6.43. The van der Waals surface area contributed by atoms with Gasteiger partial charge < -0.3 is 14.7 Å². The Hall–Kier alpha value is -1.50. The predicted molar refractivity (Wildman–Crippen MR) is 88.1 cm³/mol. The third-order valence-electron chi connectivity index (χ3n) is 2.46. The van der Waals surface area contributed by atoms with Crippen molar-refractivity contribution in [1.82, 2.24) is 4.98 Å². The van der Waals surface area contributed by atoms with Crippen LogP contribution in [0.2, 0.25) is 5.02 Å². The molecule has 5 nitrogen and oxygen atoms in total. The van der Waals surface area contributed by atoms with Crippen molar-refractivity contribution in [2.24, 2.45) is 11.1 Å². The molecule has 1 aromatic carbocycles. The van der Waals surface area contributed by atoms with Crippen LogP contribution in [-0.2, 0) is 0 Å². The monoisotopic (exact) mass is 360 g/mol. The maximum atomic E-state index is 8.61. The summed E-state index contributed by atoms with van der Waals surface area (Å²) in [4.78, 5) is 4.53. The minimum absolute atomic E-state index is 0.0455. The quantitative estimate of drug-likeness (QED) is 0.447. The van der Waals surface area contributed by atoms with Gasteiger partial charge in [0.1, 0.15) is 11.5 Å². The Morgan fingerprint density at radius 1 is 1.45 bits per heavy atom. The van der Waals surface area contributed by atoms with Gasteiger partial charge in [0, 0.05) is 6.07 Å². The number of ether oxygens (including phenoxy) is 2. The van der Waals surface area contributed by atoms with E-state index in [0.29, 0.717) is 39.1 Å². The van der Waals surface area contributed by atoms with E-state index in [1.54, 1.807) is 18.2 Å². The molecule has 2 rings (SSSR count). The van der Waals surface area contributed by atoms with E-state index in [-0.39, 0.29) is 5.17 Å². The number of nitrogens with zero attached hydrogens (tertiary/aromatic N) is 2. The molecular formula is C14H14Cl2N2O3S. The van der Waals surface area contributed by atoms with E-state index in [9.17, 15) is 0 Å². The van der Waals surface area contributed by atoms with Crippen molar-refractivity contribution in [3.05, 3.63) is 34.3 Å². The molecule has 0 atom stereocenters. The van der Waals surface area contributed by atoms with Crippen molar-refractivity contribution < 1.29 is 14.7 Å². The Labute approximate surface area is 142 Å². The third kappa shape index (κ3) is 4.50.